The number of fused-ring (bicyclic) bond motifs is 1. The van der Waals surface area contributed by atoms with Crippen molar-refractivity contribution in [1.82, 2.24) is 0 Å². The molecule has 3 N–H and O–H groups in total. The van der Waals surface area contributed by atoms with Crippen LogP contribution in [0.1, 0.15) is 68.1 Å². The first kappa shape index (κ1) is 19.6. The average molecular weight is 358 g/mol. The fraction of sp³-hybridized carbons (Fsp3) is 0.652. The molecule has 0 radical (unpaired) electrons. The number of aliphatic hydroxyl groups is 1. The third-order valence-corrected chi connectivity index (χ3v) is 6.18. The van der Waals surface area contributed by atoms with Crippen molar-refractivity contribution in [2.75, 3.05) is 19.8 Å². The first-order valence-electron chi connectivity index (χ1n) is 10.4. The quantitative estimate of drug-likeness (QED) is 0.543. The maximum Gasteiger partial charge on any atom is 0.0647 e. The minimum absolute atomic E-state index is 0.101. The summed E-state index contributed by atoms with van der Waals surface area (Å²) in [6, 6.07) is 7.03. The van der Waals surface area contributed by atoms with Gasteiger partial charge in [-0.3, -0.25) is 0 Å². The van der Waals surface area contributed by atoms with Gasteiger partial charge in [0.05, 0.1) is 19.8 Å². The van der Waals surface area contributed by atoms with Crippen molar-refractivity contribution >= 4 is 0 Å². The minimum atomic E-state index is -0.366. The van der Waals surface area contributed by atoms with E-state index < -0.39 is 0 Å². The Kier molecular flexibility index (Phi) is 6.91. The summed E-state index contributed by atoms with van der Waals surface area (Å²) >= 11 is 0. The summed E-state index contributed by atoms with van der Waals surface area (Å²) in [5.74, 6) is 1.15. The molecule has 3 heteroatoms. The molecule has 1 aromatic rings. The molecule has 1 aromatic carbocycles. The average Bonchev–Trinajstić information content (AvgIpc) is 3.07. The van der Waals surface area contributed by atoms with Crippen molar-refractivity contribution in [1.29, 1.82) is 0 Å². The first-order chi connectivity index (χ1) is 12.6. The van der Waals surface area contributed by atoms with Crippen LogP contribution < -0.4 is 5.73 Å². The summed E-state index contributed by atoms with van der Waals surface area (Å²) in [4.78, 5) is 0. The van der Waals surface area contributed by atoms with E-state index in [0.29, 0.717) is 11.8 Å². The molecule has 0 amide bonds. The Labute approximate surface area is 158 Å². The van der Waals surface area contributed by atoms with Gasteiger partial charge in [-0.05, 0) is 73.5 Å². The van der Waals surface area contributed by atoms with Crippen LogP contribution >= 0.6 is 0 Å². The minimum Gasteiger partial charge on any atom is -0.394 e. The van der Waals surface area contributed by atoms with Crippen molar-refractivity contribution in [2.24, 2.45) is 11.7 Å². The highest BCUT2D eigenvalue weighted by Gasteiger charge is 2.36. The second-order valence-corrected chi connectivity index (χ2v) is 8.39. The zero-order valence-corrected chi connectivity index (χ0v) is 16.3. The van der Waals surface area contributed by atoms with Gasteiger partial charge in [0, 0.05) is 5.54 Å². The van der Waals surface area contributed by atoms with E-state index in [2.05, 4.69) is 37.3 Å². The molecule has 0 saturated heterocycles. The van der Waals surface area contributed by atoms with Gasteiger partial charge in [-0.15, -0.1) is 0 Å². The molecule has 0 spiro atoms. The number of allylic oxidation sites excluding steroid dienone is 1. The molecule has 0 bridgehead atoms. The largest absolute Gasteiger partial charge is 0.394 e. The Morgan fingerprint density at radius 2 is 2.15 bits per heavy atom. The third-order valence-electron chi connectivity index (χ3n) is 6.18. The number of aryl methyl sites for hydroxylation is 1. The van der Waals surface area contributed by atoms with E-state index in [0.717, 1.165) is 51.7 Å². The topological polar surface area (TPSA) is 55.5 Å². The smallest absolute Gasteiger partial charge is 0.0647 e. The van der Waals surface area contributed by atoms with Gasteiger partial charge in [-0.1, -0.05) is 43.7 Å². The summed E-state index contributed by atoms with van der Waals surface area (Å²) in [7, 11) is 0. The Balaban J connectivity index is 1.51. The van der Waals surface area contributed by atoms with Gasteiger partial charge in [0.1, 0.15) is 0 Å². The van der Waals surface area contributed by atoms with Crippen LogP contribution in [0.5, 0.6) is 0 Å². The number of hydrogen-bond acceptors (Lipinski definition) is 3. The van der Waals surface area contributed by atoms with E-state index in [9.17, 15) is 5.11 Å². The molecule has 1 unspecified atom stereocenters. The van der Waals surface area contributed by atoms with Crippen LogP contribution in [0.4, 0.5) is 0 Å². The van der Waals surface area contributed by atoms with E-state index in [1.807, 2.05) is 0 Å². The SMILES string of the molecule is CCC/C=C\COCC1CCc2cc([C@H]3CC[C@](N)(CO)C3)ccc2C1. The number of rotatable bonds is 8. The Bertz CT molecular complexity index is 612. The van der Waals surface area contributed by atoms with Gasteiger partial charge in [0.25, 0.3) is 0 Å². The molecular formula is C23H35NO2. The number of ether oxygens (including phenoxy) is 1. The maximum absolute atomic E-state index is 9.50. The molecule has 26 heavy (non-hydrogen) atoms. The number of aliphatic hydroxyl groups excluding tert-OH is 1. The van der Waals surface area contributed by atoms with Crippen LogP contribution in [0, 0.1) is 5.92 Å². The second-order valence-electron chi connectivity index (χ2n) is 8.39. The fourth-order valence-electron chi connectivity index (χ4n) is 4.49. The highest BCUT2D eigenvalue weighted by atomic mass is 16.5. The zero-order valence-electron chi connectivity index (χ0n) is 16.3. The zero-order chi connectivity index (χ0) is 18.4. The first-order valence-corrected chi connectivity index (χ1v) is 10.4. The summed E-state index contributed by atoms with van der Waals surface area (Å²) in [6.45, 7) is 3.91. The predicted molar refractivity (Wildman–Crippen MR) is 107 cm³/mol. The van der Waals surface area contributed by atoms with Gasteiger partial charge >= 0.3 is 0 Å². The molecule has 3 atom stereocenters. The number of nitrogens with two attached hydrogens (primary N) is 1. The van der Waals surface area contributed by atoms with Crippen LogP contribution in [-0.2, 0) is 17.6 Å². The summed E-state index contributed by atoms with van der Waals surface area (Å²) < 4.78 is 5.85. The van der Waals surface area contributed by atoms with E-state index >= 15 is 0 Å². The number of unbranched alkanes of at least 4 members (excludes halogenated alkanes) is 1. The lowest BCUT2D eigenvalue weighted by Gasteiger charge is -2.26. The molecule has 0 aromatic heterocycles. The Morgan fingerprint density at radius 3 is 2.92 bits per heavy atom. The number of hydrogen-bond donors (Lipinski definition) is 2. The van der Waals surface area contributed by atoms with Crippen molar-refractivity contribution < 1.29 is 9.84 Å². The maximum atomic E-state index is 9.50. The van der Waals surface area contributed by atoms with Crippen molar-refractivity contribution in [2.45, 2.75) is 69.7 Å². The Hall–Kier alpha value is -1.16. The fourth-order valence-corrected chi connectivity index (χ4v) is 4.49. The van der Waals surface area contributed by atoms with Crippen molar-refractivity contribution in [3.8, 4) is 0 Å². The lowest BCUT2D eigenvalue weighted by Crippen LogP contribution is -2.40. The molecule has 144 valence electrons. The van der Waals surface area contributed by atoms with E-state index in [-0.39, 0.29) is 12.1 Å². The number of benzene rings is 1. The van der Waals surface area contributed by atoms with Gasteiger partial charge in [0.15, 0.2) is 0 Å². The van der Waals surface area contributed by atoms with Gasteiger partial charge < -0.3 is 15.6 Å². The van der Waals surface area contributed by atoms with Gasteiger partial charge in [-0.25, -0.2) is 0 Å². The van der Waals surface area contributed by atoms with E-state index in [4.69, 9.17) is 10.5 Å². The van der Waals surface area contributed by atoms with Crippen LogP contribution in [0.3, 0.4) is 0 Å². The second kappa shape index (κ2) is 9.16. The molecule has 0 aliphatic heterocycles. The standard InChI is InChI=1S/C23H35NO2/c1-2-3-4-5-12-26-16-18-6-7-20-14-21(9-8-19(20)13-18)22-10-11-23(24,15-22)17-25/h4-5,8-9,14,18,22,25H,2-3,6-7,10-13,15-17,24H2,1H3/b5-4-/t18?,22-,23+/m0/s1. The summed E-state index contributed by atoms with van der Waals surface area (Å²) in [5.41, 5.74) is 10.3. The van der Waals surface area contributed by atoms with Crippen LogP contribution in [-0.4, -0.2) is 30.5 Å². The Morgan fingerprint density at radius 1 is 1.27 bits per heavy atom. The van der Waals surface area contributed by atoms with Crippen LogP contribution in [0.25, 0.3) is 0 Å². The monoisotopic (exact) mass is 357 g/mol. The summed E-state index contributed by atoms with van der Waals surface area (Å²) in [5, 5.41) is 9.50. The third kappa shape index (κ3) is 4.97. The van der Waals surface area contributed by atoms with E-state index in [1.165, 1.54) is 29.5 Å². The van der Waals surface area contributed by atoms with Crippen molar-refractivity contribution in [3.63, 3.8) is 0 Å². The predicted octanol–water partition coefficient (Wildman–Crippen LogP) is 4.12. The lowest BCUT2D eigenvalue weighted by atomic mass is 9.82. The normalized spacial score (nSPS) is 28.6. The molecule has 2 aliphatic carbocycles. The molecule has 0 heterocycles. The molecule has 1 saturated carbocycles. The van der Waals surface area contributed by atoms with Crippen molar-refractivity contribution in [3.05, 3.63) is 47.0 Å². The van der Waals surface area contributed by atoms with Gasteiger partial charge in [-0.2, -0.15) is 0 Å². The van der Waals surface area contributed by atoms with Crippen LogP contribution in [0.2, 0.25) is 0 Å². The van der Waals surface area contributed by atoms with Gasteiger partial charge in [0.2, 0.25) is 0 Å². The highest BCUT2D eigenvalue weighted by molar-refractivity contribution is 5.36. The lowest BCUT2D eigenvalue weighted by molar-refractivity contribution is 0.116. The highest BCUT2D eigenvalue weighted by Crippen LogP contribution is 2.40. The summed E-state index contributed by atoms with van der Waals surface area (Å²) in [6.07, 6.45) is 13.2. The molecule has 3 nitrogen and oxygen atoms in total. The molecular weight excluding hydrogens is 322 g/mol. The molecule has 1 fully saturated rings. The molecule has 3 rings (SSSR count). The van der Waals surface area contributed by atoms with Crippen LogP contribution in [0.15, 0.2) is 30.4 Å². The molecule has 2 aliphatic rings. The van der Waals surface area contributed by atoms with E-state index in [1.54, 1.807) is 0 Å².